The average molecular weight is 390 g/mol. The van der Waals surface area contributed by atoms with Gasteiger partial charge in [-0.3, -0.25) is 0 Å². The molecule has 0 aliphatic rings. The largest absolute Gasteiger partial charge is 2.00 e. The molecule has 2 aromatic rings. The molecule has 0 aliphatic carbocycles. The summed E-state index contributed by atoms with van der Waals surface area (Å²) in [5, 5.41) is 3.74. The Hall–Kier alpha value is -1.48. The average Bonchev–Trinajstić information content (AvgIpc) is 3.05. The van der Waals surface area contributed by atoms with Gasteiger partial charge in [-0.1, -0.05) is 28.1 Å². The Morgan fingerprint density at radius 2 is 1.52 bits per heavy atom. The first-order valence-electron chi connectivity index (χ1n) is 5.24. The number of halogens is 1. The zero-order valence-corrected chi connectivity index (χ0v) is 13.8. The van der Waals surface area contributed by atoms with Crippen molar-refractivity contribution < 1.29 is 31.2 Å². The van der Waals surface area contributed by atoms with Crippen molar-refractivity contribution in [1.29, 1.82) is 0 Å². The van der Waals surface area contributed by atoms with E-state index in [1.807, 2.05) is 42.5 Å². The second-order valence-corrected chi connectivity index (χ2v) is 3.99. The van der Waals surface area contributed by atoms with Crippen LogP contribution in [-0.2, 0) is 31.2 Å². The van der Waals surface area contributed by atoms with E-state index in [4.69, 9.17) is 9.30 Å². The summed E-state index contributed by atoms with van der Waals surface area (Å²) in [4.78, 5) is 10.5. The first-order valence-corrected chi connectivity index (χ1v) is 6.03. The van der Waals surface area contributed by atoms with Crippen molar-refractivity contribution in [3.05, 3.63) is 77.7 Å². The number of carbonyl (C=O) groups excluding carboxylic acids is 1. The van der Waals surface area contributed by atoms with Crippen LogP contribution in [0.1, 0.15) is 6.92 Å². The van der Waals surface area contributed by atoms with Crippen LogP contribution in [0.5, 0.6) is 0 Å². The standard InChI is InChI=1S/C8H8BrNO.C5H5.2CO.Fe/c1-6(11)10-8-4-2-7(9)3-5-8;1-2-4-5-3-1;2*1-2;/h2-5H,1H3,(H,10,11);1-5H;;;/q;-1;;;+2/p-1. The summed E-state index contributed by atoms with van der Waals surface area (Å²) < 4.78 is 16.0. The van der Waals surface area contributed by atoms with Gasteiger partial charge in [0, 0.05) is 4.47 Å². The molecule has 0 aliphatic heterocycles. The molecular weight excluding hydrogens is 378 g/mol. The molecule has 1 amide bonds. The van der Waals surface area contributed by atoms with E-state index >= 15 is 0 Å². The van der Waals surface area contributed by atoms with E-state index in [0.29, 0.717) is 5.69 Å². The molecule has 110 valence electrons. The molecule has 2 aromatic carbocycles. The van der Waals surface area contributed by atoms with Crippen LogP contribution < -0.4 is 0 Å². The number of benzene rings is 1. The van der Waals surface area contributed by atoms with Crippen molar-refractivity contribution >= 4 is 27.5 Å². The number of nitrogens with zero attached hydrogens (tertiary/aromatic N) is 1. The summed E-state index contributed by atoms with van der Waals surface area (Å²) in [5.41, 5.74) is 0.695. The Labute approximate surface area is 143 Å². The quantitative estimate of drug-likeness (QED) is 0.406. The van der Waals surface area contributed by atoms with Crippen LogP contribution in [-0.4, -0.2) is 5.91 Å². The molecule has 0 saturated carbocycles. The van der Waals surface area contributed by atoms with Gasteiger partial charge in [0.15, 0.2) is 0 Å². The van der Waals surface area contributed by atoms with Crippen LogP contribution in [0.3, 0.4) is 0 Å². The summed E-state index contributed by atoms with van der Waals surface area (Å²) in [5.74, 6) is -0.174. The number of hydrogen-bond donors (Lipinski definition) is 0. The van der Waals surface area contributed by atoms with Gasteiger partial charge in [0.2, 0.25) is 0 Å². The Bertz CT molecular complexity index is 469. The third-order valence-corrected chi connectivity index (χ3v) is 2.20. The van der Waals surface area contributed by atoms with Crippen molar-refractivity contribution in [3.63, 3.8) is 0 Å². The maximum absolute atomic E-state index is 10.5. The molecule has 0 fully saturated rings. The summed E-state index contributed by atoms with van der Waals surface area (Å²) in [6.07, 6.45) is 0. The van der Waals surface area contributed by atoms with Crippen LogP contribution in [0.15, 0.2) is 59.1 Å². The van der Waals surface area contributed by atoms with Gasteiger partial charge in [-0.25, -0.2) is 12.1 Å². The fourth-order valence-corrected chi connectivity index (χ4v) is 1.28. The molecule has 0 radical (unpaired) electrons. The Morgan fingerprint density at radius 3 is 1.81 bits per heavy atom. The molecule has 0 bridgehead atoms. The van der Waals surface area contributed by atoms with Crippen molar-refractivity contribution in [2.24, 2.45) is 0 Å². The van der Waals surface area contributed by atoms with Gasteiger partial charge in [0.25, 0.3) is 0 Å². The molecule has 0 atom stereocenters. The topological polar surface area (TPSA) is 71.0 Å². The molecule has 6 heteroatoms. The summed E-state index contributed by atoms with van der Waals surface area (Å²) in [7, 11) is 0. The molecule has 2 rings (SSSR count). The van der Waals surface area contributed by atoms with Gasteiger partial charge in [-0.15, -0.1) is 5.69 Å². The second-order valence-electron chi connectivity index (χ2n) is 3.07. The van der Waals surface area contributed by atoms with E-state index in [2.05, 4.69) is 34.5 Å². The van der Waals surface area contributed by atoms with E-state index in [9.17, 15) is 4.79 Å². The zero-order chi connectivity index (χ0) is 15.8. The number of rotatable bonds is 1. The fraction of sp³-hybridized carbons (Fsp3) is 0.0667. The SMILES string of the molecule is CC(=O)[N-]c1ccc(Br)cc1.[C-]#[O+].[C-]#[O+].[Fe+2].c1cc[cH-]c1. The molecule has 0 spiro atoms. The van der Waals surface area contributed by atoms with E-state index in [1.54, 1.807) is 12.1 Å². The Kier molecular flexibility index (Phi) is 21.6. The van der Waals surface area contributed by atoms with Crippen molar-refractivity contribution in [2.45, 2.75) is 6.92 Å². The summed E-state index contributed by atoms with van der Waals surface area (Å²) >= 11 is 3.29. The van der Waals surface area contributed by atoms with Gasteiger partial charge in [0.1, 0.15) is 0 Å². The normalized spacial score (nSPS) is 6.95. The minimum Gasteiger partial charge on any atom is -0.214 e. The van der Waals surface area contributed by atoms with Gasteiger partial charge < -0.3 is 10.1 Å². The van der Waals surface area contributed by atoms with Gasteiger partial charge >= 0.3 is 39.7 Å². The van der Waals surface area contributed by atoms with Gasteiger partial charge in [-0.05, 0) is 19.1 Å². The van der Waals surface area contributed by atoms with Crippen LogP contribution in [0, 0.1) is 13.3 Å². The van der Waals surface area contributed by atoms with Gasteiger partial charge in [-0.2, -0.15) is 18.2 Å². The van der Waals surface area contributed by atoms with E-state index in [-0.39, 0.29) is 23.0 Å². The van der Waals surface area contributed by atoms with Crippen molar-refractivity contribution in [2.75, 3.05) is 0 Å². The molecule has 0 heterocycles. The maximum atomic E-state index is 10.5. The molecule has 0 aromatic heterocycles. The number of carbonyl (C=O) groups is 1. The predicted molar refractivity (Wildman–Crippen MR) is 77.7 cm³/mol. The third kappa shape index (κ3) is 16.5. The van der Waals surface area contributed by atoms with Crippen LogP contribution in [0.4, 0.5) is 5.69 Å². The molecule has 0 unspecified atom stereocenters. The molecule has 4 nitrogen and oxygen atoms in total. The van der Waals surface area contributed by atoms with E-state index in [1.165, 1.54) is 6.92 Å². The summed E-state index contributed by atoms with van der Waals surface area (Å²) in [6, 6.07) is 17.3. The number of amides is 1. The molecule has 0 N–H and O–H groups in total. The van der Waals surface area contributed by atoms with E-state index < -0.39 is 0 Å². The third-order valence-electron chi connectivity index (χ3n) is 1.67. The zero-order valence-electron chi connectivity index (χ0n) is 11.1. The van der Waals surface area contributed by atoms with Crippen molar-refractivity contribution in [3.8, 4) is 0 Å². The molecule has 21 heavy (non-hydrogen) atoms. The summed E-state index contributed by atoms with van der Waals surface area (Å²) in [6.45, 7) is 10.4. The smallest absolute Gasteiger partial charge is 0.214 e. The maximum Gasteiger partial charge on any atom is 2.00 e. The minimum atomic E-state index is -0.174. The Morgan fingerprint density at radius 1 is 1.10 bits per heavy atom. The van der Waals surface area contributed by atoms with Crippen LogP contribution in [0.25, 0.3) is 5.32 Å². The number of hydrogen-bond acceptors (Lipinski definition) is 1. The van der Waals surface area contributed by atoms with Gasteiger partial charge in [0.05, 0.1) is 5.91 Å². The van der Waals surface area contributed by atoms with Crippen molar-refractivity contribution in [1.82, 2.24) is 0 Å². The Balaban J connectivity index is -0.000000273. The first kappa shape index (κ1) is 24.5. The van der Waals surface area contributed by atoms with Crippen LogP contribution in [0.2, 0.25) is 0 Å². The van der Waals surface area contributed by atoms with Crippen LogP contribution >= 0.6 is 15.9 Å². The second kappa shape index (κ2) is 18.5. The molecule has 0 saturated heterocycles. The minimum absolute atomic E-state index is 0. The monoisotopic (exact) mass is 389 g/mol. The fourth-order valence-electron chi connectivity index (χ4n) is 1.02. The van der Waals surface area contributed by atoms with E-state index in [0.717, 1.165) is 4.47 Å². The predicted octanol–water partition coefficient (Wildman–Crippen LogP) is 4.33. The first-order chi connectivity index (χ1) is 9.68. The molecular formula is C15H12BrFeNO3.